The van der Waals surface area contributed by atoms with Crippen molar-refractivity contribution in [3.05, 3.63) is 18.2 Å². The molecule has 0 heterocycles. The van der Waals surface area contributed by atoms with Crippen molar-refractivity contribution in [2.75, 3.05) is 33.1 Å². The summed E-state index contributed by atoms with van der Waals surface area (Å²) in [6.45, 7) is 0.709. The maximum Gasteiger partial charge on any atom is 0.245 e. The van der Waals surface area contributed by atoms with Gasteiger partial charge in [0.15, 0.2) is 0 Å². The van der Waals surface area contributed by atoms with Crippen LogP contribution in [-0.2, 0) is 14.8 Å². The molecule has 0 aliphatic heterocycles. The van der Waals surface area contributed by atoms with Crippen LogP contribution in [0.15, 0.2) is 23.1 Å². The third-order valence-electron chi connectivity index (χ3n) is 3.27. The third kappa shape index (κ3) is 3.05. The molecule has 0 radical (unpaired) electrons. The smallest absolute Gasteiger partial charge is 0.245 e. The van der Waals surface area contributed by atoms with Crippen LogP contribution in [0, 0.1) is 0 Å². The summed E-state index contributed by atoms with van der Waals surface area (Å²) >= 11 is 0. The lowest BCUT2D eigenvalue weighted by Crippen LogP contribution is -2.36. The van der Waals surface area contributed by atoms with Gasteiger partial charge in [0.1, 0.15) is 10.6 Å². The number of rotatable bonds is 7. The first-order valence-electron chi connectivity index (χ1n) is 6.45. The minimum atomic E-state index is -3.59. The first-order valence-corrected chi connectivity index (χ1v) is 7.89. The van der Waals surface area contributed by atoms with Crippen molar-refractivity contribution in [1.82, 2.24) is 4.31 Å². The molecule has 1 aromatic rings. The summed E-state index contributed by atoms with van der Waals surface area (Å²) in [6, 6.07) is 4.68. The number of nitrogens with two attached hydrogens (primary N) is 1. The molecule has 0 unspecified atom stereocenters. The molecule has 2 rings (SSSR count). The van der Waals surface area contributed by atoms with Crippen LogP contribution in [0.3, 0.4) is 0 Å². The number of hydrogen-bond acceptors (Lipinski definition) is 5. The van der Waals surface area contributed by atoms with Gasteiger partial charge in [-0.1, -0.05) is 0 Å². The Balaban J connectivity index is 2.32. The van der Waals surface area contributed by atoms with Gasteiger partial charge < -0.3 is 15.2 Å². The Morgan fingerprint density at radius 3 is 2.55 bits per heavy atom. The number of benzene rings is 1. The number of anilines is 1. The average Bonchev–Trinajstić information content (AvgIpc) is 3.23. The highest BCUT2D eigenvalue weighted by molar-refractivity contribution is 7.89. The van der Waals surface area contributed by atoms with Crippen molar-refractivity contribution in [2.24, 2.45) is 0 Å². The summed E-state index contributed by atoms with van der Waals surface area (Å²) in [7, 11) is -0.526. The molecule has 0 amide bonds. The molecule has 7 heteroatoms. The van der Waals surface area contributed by atoms with Gasteiger partial charge in [0.2, 0.25) is 10.0 Å². The summed E-state index contributed by atoms with van der Waals surface area (Å²) in [5.41, 5.74) is 6.05. The SMILES string of the molecule is COCCN(C1CC1)S(=O)(=O)c1ccc(OC)cc1N. The molecule has 1 aromatic carbocycles. The zero-order valence-corrected chi connectivity index (χ0v) is 12.5. The second-order valence-electron chi connectivity index (χ2n) is 4.74. The van der Waals surface area contributed by atoms with Crippen molar-refractivity contribution in [3.8, 4) is 5.75 Å². The standard InChI is InChI=1S/C13H20N2O4S/c1-18-8-7-15(10-3-4-10)20(16,17)13-6-5-11(19-2)9-12(13)14/h5-6,9-10H,3-4,7-8,14H2,1-2H3. The van der Waals surface area contributed by atoms with Gasteiger partial charge in [-0.3, -0.25) is 0 Å². The molecule has 0 spiro atoms. The zero-order chi connectivity index (χ0) is 14.8. The predicted octanol–water partition coefficient (Wildman–Crippen LogP) is 1.08. The van der Waals surface area contributed by atoms with Gasteiger partial charge in [-0.15, -0.1) is 0 Å². The van der Waals surface area contributed by atoms with Gasteiger partial charge in [0.25, 0.3) is 0 Å². The van der Waals surface area contributed by atoms with Gasteiger partial charge in [-0.05, 0) is 25.0 Å². The molecule has 0 atom stereocenters. The van der Waals surface area contributed by atoms with Crippen LogP contribution in [0.1, 0.15) is 12.8 Å². The second-order valence-corrected chi connectivity index (χ2v) is 6.60. The topological polar surface area (TPSA) is 81.9 Å². The average molecular weight is 300 g/mol. The molecule has 2 N–H and O–H groups in total. The Kier molecular flexibility index (Phi) is 4.52. The van der Waals surface area contributed by atoms with Crippen LogP contribution >= 0.6 is 0 Å². The van der Waals surface area contributed by atoms with Crippen LogP contribution in [0.4, 0.5) is 5.69 Å². The van der Waals surface area contributed by atoms with Crippen LogP contribution < -0.4 is 10.5 Å². The predicted molar refractivity (Wildman–Crippen MR) is 76.2 cm³/mol. The Bertz CT molecular complexity index is 570. The van der Waals surface area contributed by atoms with E-state index in [0.29, 0.717) is 18.9 Å². The highest BCUT2D eigenvalue weighted by Crippen LogP contribution is 2.34. The number of sulfonamides is 1. The first-order chi connectivity index (χ1) is 9.50. The minimum absolute atomic E-state index is 0.0663. The molecule has 1 saturated carbocycles. The van der Waals surface area contributed by atoms with Crippen LogP contribution in [0.5, 0.6) is 5.75 Å². The number of methoxy groups -OCH3 is 2. The summed E-state index contributed by atoms with van der Waals surface area (Å²) in [4.78, 5) is 0.126. The molecule has 0 aromatic heterocycles. The van der Waals surface area contributed by atoms with E-state index in [1.165, 1.54) is 23.5 Å². The van der Waals surface area contributed by atoms with Crippen molar-refractivity contribution in [3.63, 3.8) is 0 Å². The quantitative estimate of drug-likeness (QED) is 0.762. The minimum Gasteiger partial charge on any atom is -0.497 e. The van der Waals surface area contributed by atoms with Crippen molar-refractivity contribution in [1.29, 1.82) is 0 Å². The van der Waals surface area contributed by atoms with E-state index in [9.17, 15) is 8.42 Å². The van der Waals surface area contributed by atoms with Crippen molar-refractivity contribution in [2.45, 2.75) is 23.8 Å². The highest BCUT2D eigenvalue weighted by Gasteiger charge is 2.38. The Morgan fingerprint density at radius 2 is 2.05 bits per heavy atom. The monoisotopic (exact) mass is 300 g/mol. The van der Waals surface area contributed by atoms with Crippen LogP contribution in [0.2, 0.25) is 0 Å². The molecule has 1 fully saturated rings. The van der Waals surface area contributed by atoms with Gasteiger partial charge >= 0.3 is 0 Å². The summed E-state index contributed by atoms with van der Waals surface area (Å²) < 4.78 is 36.9. The van der Waals surface area contributed by atoms with Gasteiger partial charge in [-0.25, -0.2) is 8.42 Å². The number of hydrogen-bond donors (Lipinski definition) is 1. The largest absolute Gasteiger partial charge is 0.497 e. The molecule has 1 aliphatic rings. The highest BCUT2D eigenvalue weighted by atomic mass is 32.2. The maximum atomic E-state index is 12.7. The number of ether oxygens (including phenoxy) is 2. The molecular weight excluding hydrogens is 280 g/mol. The molecular formula is C13H20N2O4S. The molecule has 6 nitrogen and oxygen atoms in total. The molecule has 20 heavy (non-hydrogen) atoms. The lowest BCUT2D eigenvalue weighted by atomic mass is 10.3. The Hall–Kier alpha value is -1.31. The third-order valence-corrected chi connectivity index (χ3v) is 5.30. The lowest BCUT2D eigenvalue weighted by molar-refractivity contribution is 0.177. The lowest BCUT2D eigenvalue weighted by Gasteiger charge is -2.22. The summed E-state index contributed by atoms with van der Waals surface area (Å²) in [6.07, 6.45) is 1.78. The maximum absolute atomic E-state index is 12.7. The fraction of sp³-hybridized carbons (Fsp3) is 0.538. The molecule has 112 valence electrons. The summed E-state index contributed by atoms with van der Waals surface area (Å²) in [5.74, 6) is 0.538. The zero-order valence-electron chi connectivity index (χ0n) is 11.7. The van der Waals surface area contributed by atoms with E-state index >= 15 is 0 Å². The van der Waals surface area contributed by atoms with Crippen molar-refractivity contribution >= 4 is 15.7 Å². The summed E-state index contributed by atoms with van der Waals surface area (Å²) in [5, 5.41) is 0. The van der Waals surface area contributed by atoms with Gasteiger partial charge in [-0.2, -0.15) is 4.31 Å². The van der Waals surface area contributed by atoms with Crippen LogP contribution in [-0.4, -0.2) is 46.1 Å². The normalized spacial score (nSPS) is 15.6. The van der Waals surface area contributed by atoms with E-state index in [4.69, 9.17) is 15.2 Å². The van der Waals surface area contributed by atoms with E-state index in [2.05, 4.69) is 0 Å². The second kappa shape index (κ2) is 5.99. The van der Waals surface area contributed by atoms with E-state index in [1.807, 2.05) is 0 Å². The molecule has 0 saturated heterocycles. The van der Waals surface area contributed by atoms with Gasteiger partial charge in [0, 0.05) is 25.8 Å². The van der Waals surface area contributed by atoms with E-state index in [1.54, 1.807) is 13.2 Å². The van der Waals surface area contributed by atoms with E-state index in [-0.39, 0.29) is 16.6 Å². The van der Waals surface area contributed by atoms with Gasteiger partial charge in [0.05, 0.1) is 19.4 Å². The number of nitrogens with zero attached hydrogens (tertiary/aromatic N) is 1. The molecule has 0 bridgehead atoms. The van der Waals surface area contributed by atoms with E-state index in [0.717, 1.165) is 12.8 Å². The number of nitrogen functional groups attached to an aromatic ring is 1. The first kappa shape index (κ1) is 15.1. The fourth-order valence-electron chi connectivity index (χ4n) is 2.06. The Morgan fingerprint density at radius 1 is 1.35 bits per heavy atom. The molecule has 1 aliphatic carbocycles. The van der Waals surface area contributed by atoms with Crippen molar-refractivity contribution < 1.29 is 17.9 Å². The van der Waals surface area contributed by atoms with E-state index < -0.39 is 10.0 Å². The fourth-order valence-corrected chi connectivity index (χ4v) is 3.83. The Labute approximate surface area is 119 Å². The van der Waals surface area contributed by atoms with Crippen LogP contribution in [0.25, 0.3) is 0 Å².